The van der Waals surface area contributed by atoms with Crippen LogP contribution in [0, 0.1) is 13.8 Å². The minimum absolute atomic E-state index is 0. The van der Waals surface area contributed by atoms with Crippen molar-refractivity contribution in [2.24, 2.45) is 0 Å². The molecule has 0 aliphatic rings. The van der Waals surface area contributed by atoms with E-state index in [1.165, 1.54) is 11.3 Å². The molecule has 0 aromatic carbocycles. The van der Waals surface area contributed by atoms with E-state index in [1.807, 2.05) is 6.20 Å². The lowest BCUT2D eigenvalue weighted by molar-refractivity contribution is 0.368. The minimum Gasteiger partial charge on any atom is -0.418 e. The fourth-order valence-electron chi connectivity index (χ4n) is 0.531. The Bertz CT molecular complexity index is 210. The molecule has 13 heavy (non-hydrogen) atoms. The van der Waals surface area contributed by atoms with Gasteiger partial charge in [-0.05, 0) is 25.5 Å². The van der Waals surface area contributed by atoms with Crippen LogP contribution in [0.5, 0.6) is 0 Å². The number of hydrogen-bond donors (Lipinski definition) is 2. The van der Waals surface area contributed by atoms with Crippen LogP contribution in [0.25, 0.3) is 0 Å². The van der Waals surface area contributed by atoms with Crippen molar-refractivity contribution in [3.8, 4) is 0 Å². The van der Waals surface area contributed by atoms with Gasteiger partial charge in [-0.3, -0.25) is 0 Å². The number of rotatable bonds is 0. The van der Waals surface area contributed by atoms with E-state index in [2.05, 4.69) is 24.9 Å². The molecule has 0 amide bonds. The Labute approximate surface area is 74.0 Å². The summed E-state index contributed by atoms with van der Waals surface area (Å²) in [5.74, 6) is 0. The molecule has 0 aliphatic heterocycles. The van der Waals surface area contributed by atoms with Crippen LogP contribution < -0.4 is 6.15 Å². The number of quaternary nitrogens is 1. The van der Waals surface area contributed by atoms with E-state index in [-0.39, 0.29) is 6.15 Å². The van der Waals surface area contributed by atoms with Gasteiger partial charge in [0.1, 0.15) is 0 Å². The van der Waals surface area contributed by atoms with Crippen LogP contribution in [0.15, 0.2) is 12.3 Å². The SMILES string of the molecule is Cc1cc[nH]c1C.F[B-](F)(F)F.[NH4+]. The first-order valence-corrected chi connectivity index (χ1v) is 3.28. The molecule has 0 aliphatic carbocycles. The van der Waals surface area contributed by atoms with Crippen molar-refractivity contribution >= 4 is 7.25 Å². The lowest BCUT2D eigenvalue weighted by Crippen LogP contribution is -2.02. The smallest absolute Gasteiger partial charge is 0.418 e. The molecule has 1 aromatic rings. The summed E-state index contributed by atoms with van der Waals surface area (Å²) in [5.41, 5.74) is 2.60. The van der Waals surface area contributed by atoms with Gasteiger partial charge in [0.25, 0.3) is 0 Å². The summed E-state index contributed by atoms with van der Waals surface area (Å²) in [6.45, 7) is 4.15. The minimum atomic E-state index is -6.00. The first-order chi connectivity index (χ1) is 5.30. The van der Waals surface area contributed by atoms with Gasteiger partial charge < -0.3 is 28.4 Å². The van der Waals surface area contributed by atoms with Crippen molar-refractivity contribution in [1.82, 2.24) is 11.1 Å². The van der Waals surface area contributed by atoms with Crippen molar-refractivity contribution in [2.45, 2.75) is 13.8 Å². The van der Waals surface area contributed by atoms with E-state index < -0.39 is 7.25 Å². The van der Waals surface area contributed by atoms with Crippen molar-refractivity contribution < 1.29 is 17.3 Å². The summed E-state index contributed by atoms with van der Waals surface area (Å²) >= 11 is 0. The standard InChI is InChI=1S/C6H9N.BF4.H3N/c1-5-3-4-7-6(5)2;2-1(3,4)5;/h3-4,7H,1-2H3;;1H3/q;-1;/p+1. The molecular formula is C6H13BF4N2. The molecule has 5 N–H and O–H groups in total. The summed E-state index contributed by atoms with van der Waals surface area (Å²) in [4.78, 5) is 3.07. The normalized spacial score (nSPS) is 9.69. The van der Waals surface area contributed by atoms with Crippen LogP contribution in [0.4, 0.5) is 17.3 Å². The molecule has 0 saturated heterocycles. The highest BCUT2D eigenvalue weighted by molar-refractivity contribution is 6.50. The van der Waals surface area contributed by atoms with Crippen molar-refractivity contribution in [2.75, 3.05) is 0 Å². The number of aromatic amines is 1. The number of nitrogens with one attached hydrogen (secondary N) is 1. The zero-order valence-corrected chi connectivity index (χ0v) is 7.74. The first kappa shape index (κ1) is 14.5. The van der Waals surface area contributed by atoms with Gasteiger partial charge in [-0.1, -0.05) is 0 Å². The highest BCUT2D eigenvalue weighted by Gasteiger charge is 2.20. The molecule has 78 valence electrons. The molecule has 0 spiro atoms. The third-order valence-corrected chi connectivity index (χ3v) is 1.22. The van der Waals surface area contributed by atoms with Crippen LogP contribution in [-0.4, -0.2) is 12.2 Å². The third-order valence-electron chi connectivity index (χ3n) is 1.22. The predicted octanol–water partition coefficient (Wildman–Crippen LogP) is 3.31. The summed E-state index contributed by atoms with van der Waals surface area (Å²) in [6, 6.07) is 2.06. The zero-order valence-electron chi connectivity index (χ0n) is 7.74. The molecule has 0 atom stereocenters. The summed E-state index contributed by atoms with van der Waals surface area (Å²) in [6.07, 6.45) is 1.95. The molecule has 1 heterocycles. The lowest BCUT2D eigenvalue weighted by Gasteiger charge is -1.94. The van der Waals surface area contributed by atoms with E-state index >= 15 is 0 Å². The Kier molecular flexibility index (Phi) is 6.30. The lowest BCUT2D eigenvalue weighted by atomic mass is 10.3. The Balaban J connectivity index is 0. The maximum Gasteiger partial charge on any atom is 0.673 e. The van der Waals surface area contributed by atoms with Crippen molar-refractivity contribution in [3.63, 3.8) is 0 Å². The Hall–Kier alpha value is -0.975. The van der Waals surface area contributed by atoms with Crippen LogP contribution >= 0.6 is 0 Å². The second kappa shape index (κ2) is 5.63. The fourth-order valence-corrected chi connectivity index (χ4v) is 0.531. The largest absolute Gasteiger partial charge is 0.673 e. The maximum absolute atomic E-state index is 9.75. The molecular weight excluding hydrogens is 187 g/mol. The average molecular weight is 200 g/mol. The van der Waals surface area contributed by atoms with E-state index in [9.17, 15) is 17.3 Å². The molecule has 1 aromatic heterocycles. The van der Waals surface area contributed by atoms with E-state index in [0.29, 0.717) is 0 Å². The topological polar surface area (TPSA) is 52.3 Å². The van der Waals surface area contributed by atoms with Gasteiger partial charge in [0.15, 0.2) is 0 Å². The second-order valence-electron chi connectivity index (χ2n) is 2.28. The molecule has 1 rings (SSSR count). The van der Waals surface area contributed by atoms with Gasteiger partial charge in [0, 0.05) is 11.9 Å². The van der Waals surface area contributed by atoms with Gasteiger partial charge in [-0.2, -0.15) is 0 Å². The summed E-state index contributed by atoms with van der Waals surface area (Å²) in [5, 5.41) is 0. The van der Waals surface area contributed by atoms with Crippen molar-refractivity contribution in [1.29, 1.82) is 0 Å². The molecule has 0 bridgehead atoms. The molecule has 7 heteroatoms. The highest BCUT2D eigenvalue weighted by Crippen LogP contribution is 2.06. The van der Waals surface area contributed by atoms with E-state index in [1.54, 1.807) is 0 Å². The third kappa shape index (κ3) is 11.0. The Morgan fingerprint density at radius 2 is 1.54 bits per heavy atom. The van der Waals surface area contributed by atoms with Gasteiger partial charge >= 0.3 is 7.25 Å². The number of hydrogen-bond acceptors (Lipinski definition) is 0. The quantitative estimate of drug-likeness (QED) is 0.476. The second-order valence-corrected chi connectivity index (χ2v) is 2.28. The van der Waals surface area contributed by atoms with Crippen LogP contribution in [-0.2, 0) is 0 Å². The Morgan fingerprint density at radius 3 is 1.62 bits per heavy atom. The number of aryl methyl sites for hydroxylation is 2. The Morgan fingerprint density at radius 1 is 1.15 bits per heavy atom. The fraction of sp³-hybridized carbons (Fsp3) is 0.333. The van der Waals surface area contributed by atoms with Crippen LogP contribution in [0.2, 0.25) is 0 Å². The summed E-state index contributed by atoms with van der Waals surface area (Å²) < 4.78 is 39.0. The molecule has 0 radical (unpaired) electrons. The molecule has 0 saturated carbocycles. The molecule has 0 unspecified atom stereocenters. The maximum atomic E-state index is 9.75. The first-order valence-electron chi connectivity index (χ1n) is 3.28. The van der Waals surface area contributed by atoms with Crippen LogP contribution in [0.1, 0.15) is 11.3 Å². The zero-order chi connectivity index (χ0) is 9.78. The van der Waals surface area contributed by atoms with Crippen molar-refractivity contribution in [3.05, 3.63) is 23.5 Å². The monoisotopic (exact) mass is 200 g/mol. The van der Waals surface area contributed by atoms with Gasteiger partial charge in [-0.25, -0.2) is 0 Å². The van der Waals surface area contributed by atoms with Crippen LogP contribution in [0.3, 0.4) is 0 Å². The summed E-state index contributed by atoms with van der Waals surface area (Å²) in [7, 11) is -6.00. The molecule has 0 fully saturated rings. The van der Waals surface area contributed by atoms with Gasteiger partial charge in [0.05, 0.1) is 0 Å². The predicted molar refractivity (Wildman–Crippen MR) is 46.4 cm³/mol. The average Bonchev–Trinajstić information content (AvgIpc) is 2.12. The van der Waals surface area contributed by atoms with E-state index in [4.69, 9.17) is 0 Å². The van der Waals surface area contributed by atoms with Gasteiger partial charge in [0.2, 0.25) is 0 Å². The highest BCUT2D eigenvalue weighted by atomic mass is 19.5. The molecule has 2 nitrogen and oxygen atoms in total. The van der Waals surface area contributed by atoms with E-state index in [0.717, 1.165) is 0 Å². The van der Waals surface area contributed by atoms with Gasteiger partial charge in [-0.15, -0.1) is 0 Å². The number of H-pyrrole nitrogens is 1. The number of aromatic nitrogens is 1. The number of halogens is 4.